The van der Waals surface area contributed by atoms with Crippen LogP contribution in [0.25, 0.3) is 6.08 Å². The molecule has 0 atom stereocenters. The van der Waals surface area contributed by atoms with Gasteiger partial charge in [0.15, 0.2) is 17.3 Å². The van der Waals surface area contributed by atoms with E-state index in [1.165, 1.54) is 37.5 Å². The van der Waals surface area contributed by atoms with Gasteiger partial charge in [-0.15, -0.1) is 0 Å². The van der Waals surface area contributed by atoms with Gasteiger partial charge in [0.05, 0.1) is 25.3 Å². The fraction of sp³-hybridized carbons (Fsp3) is 0.120. The number of allylic oxidation sites excluding steroid dienone is 1. The number of aryl methyl sites for hydroxylation is 1. The van der Waals surface area contributed by atoms with E-state index in [0.29, 0.717) is 11.5 Å². The first-order valence-corrected chi connectivity index (χ1v) is 9.44. The fourth-order valence-corrected chi connectivity index (χ4v) is 2.89. The fourth-order valence-electron chi connectivity index (χ4n) is 2.89. The minimum absolute atomic E-state index is 0.127. The van der Waals surface area contributed by atoms with Crippen molar-refractivity contribution in [2.75, 3.05) is 14.2 Å². The van der Waals surface area contributed by atoms with Gasteiger partial charge >= 0.3 is 5.97 Å². The van der Waals surface area contributed by atoms with E-state index in [4.69, 9.17) is 14.2 Å². The Balaban J connectivity index is 1.84. The zero-order valence-corrected chi connectivity index (χ0v) is 17.3. The third-order valence-electron chi connectivity index (χ3n) is 4.52. The Labute approximate surface area is 179 Å². The van der Waals surface area contributed by atoms with Gasteiger partial charge in [-0.25, -0.2) is 9.18 Å². The Morgan fingerprint density at radius 3 is 2.19 bits per heavy atom. The summed E-state index contributed by atoms with van der Waals surface area (Å²) < 4.78 is 29.0. The second kappa shape index (κ2) is 9.71. The van der Waals surface area contributed by atoms with Crippen molar-refractivity contribution in [1.29, 1.82) is 0 Å². The van der Waals surface area contributed by atoms with Crippen LogP contribution in [0, 0.1) is 12.7 Å². The summed E-state index contributed by atoms with van der Waals surface area (Å²) in [5.41, 5.74) is 2.00. The summed E-state index contributed by atoms with van der Waals surface area (Å²) in [6, 6.07) is 15.2. The van der Waals surface area contributed by atoms with E-state index >= 15 is 0 Å². The van der Waals surface area contributed by atoms with E-state index in [1.807, 2.05) is 6.92 Å². The molecule has 158 valence electrons. The second-order valence-corrected chi connectivity index (χ2v) is 6.71. The van der Waals surface area contributed by atoms with Crippen LogP contribution in [0.4, 0.5) is 4.39 Å². The lowest BCUT2D eigenvalue weighted by Crippen LogP contribution is -2.11. The maximum absolute atomic E-state index is 13.1. The Bertz CT molecular complexity index is 1130. The summed E-state index contributed by atoms with van der Waals surface area (Å²) in [7, 11) is 3.08. The first kappa shape index (κ1) is 21.8. The van der Waals surface area contributed by atoms with Gasteiger partial charge in [0.25, 0.3) is 0 Å². The molecule has 0 aliphatic carbocycles. The van der Waals surface area contributed by atoms with Crippen LogP contribution in [-0.2, 0) is 0 Å². The smallest absolute Gasteiger partial charge is 0.343 e. The van der Waals surface area contributed by atoms with Crippen molar-refractivity contribution in [2.24, 2.45) is 0 Å². The molecule has 0 aliphatic rings. The van der Waals surface area contributed by atoms with Crippen molar-refractivity contribution in [1.82, 2.24) is 0 Å². The Morgan fingerprint density at radius 2 is 1.52 bits per heavy atom. The molecular formula is C25H21FO5. The summed E-state index contributed by atoms with van der Waals surface area (Å²) in [5.74, 6) is -0.215. The Hall–Kier alpha value is -3.93. The molecule has 0 aromatic heterocycles. The molecule has 0 fully saturated rings. The molecule has 3 rings (SSSR count). The van der Waals surface area contributed by atoms with Gasteiger partial charge in [0.1, 0.15) is 11.6 Å². The molecule has 0 saturated carbocycles. The molecule has 0 unspecified atom stereocenters. The highest BCUT2D eigenvalue weighted by molar-refractivity contribution is 6.09. The second-order valence-electron chi connectivity index (χ2n) is 6.71. The van der Waals surface area contributed by atoms with Crippen LogP contribution < -0.4 is 14.2 Å². The SMILES string of the molecule is COc1ccc(C=CC(=O)c2cc(C)ccc2OC(=O)c2ccc(F)cc2)cc1OC. The van der Waals surface area contributed by atoms with Crippen LogP contribution in [0.2, 0.25) is 0 Å². The van der Waals surface area contributed by atoms with Crippen molar-refractivity contribution in [3.8, 4) is 17.2 Å². The van der Waals surface area contributed by atoms with Crippen LogP contribution >= 0.6 is 0 Å². The van der Waals surface area contributed by atoms with E-state index in [-0.39, 0.29) is 22.7 Å². The van der Waals surface area contributed by atoms with Gasteiger partial charge in [0, 0.05) is 0 Å². The van der Waals surface area contributed by atoms with Gasteiger partial charge in [-0.1, -0.05) is 23.8 Å². The van der Waals surface area contributed by atoms with Crippen molar-refractivity contribution >= 4 is 17.8 Å². The third kappa shape index (κ3) is 5.36. The zero-order valence-electron chi connectivity index (χ0n) is 17.3. The first-order valence-electron chi connectivity index (χ1n) is 9.44. The van der Waals surface area contributed by atoms with Crippen LogP contribution in [0.3, 0.4) is 0 Å². The predicted octanol–water partition coefficient (Wildman–Crippen LogP) is 5.27. The minimum atomic E-state index is -0.679. The van der Waals surface area contributed by atoms with E-state index in [9.17, 15) is 14.0 Å². The van der Waals surface area contributed by atoms with Crippen molar-refractivity contribution in [2.45, 2.75) is 6.92 Å². The maximum Gasteiger partial charge on any atom is 0.343 e. The summed E-state index contributed by atoms with van der Waals surface area (Å²) >= 11 is 0. The van der Waals surface area contributed by atoms with Crippen LogP contribution in [-0.4, -0.2) is 26.0 Å². The number of methoxy groups -OCH3 is 2. The molecule has 3 aromatic rings. The number of carbonyl (C=O) groups is 2. The maximum atomic E-state index is 13.1. The van der Waals surface area contributed by atoms with Gasteiger partial charge in [0.2, 0.25) is 0 Å². The molecule has 0 saturated heterocycles. The van der Waals surface area contributed by atoms with E-state index < -0.39 is 11.8 Å². The molecule has 6 heteroatoms. The molecule has 0 spiro atoms. The largest absolute Gasteiger partial charge is 0.493 e. The molecular weight excluding hydrogens is 399 g/mol. The molecule has 0 radical (unpaired) electrons. The Morgan fingerprint density at radius 1 is 0.839 bits per heavy atom. The van der Waals surface area contributed by atoms with Gasteiger partial charge in [-0.3, -0.25) is 4.79 Å². The summed E-state index contributed by atoms with van der Waals surface area (Å²) in [6.45, 7) is 1.83. The number of rotatable bonds is 7. The highest BCUT2D eigenvalue weighted by Crippen LogP contribution is 2.28. The lowest BCUT2D eigenvalue weighted by molar-refractivity contribution is 0.0733. The highest BCUT2D eigenvalue weighted by Gasteiger charge is 2.16. The van der Waals surface area contributed by atoms with Crippen molar-refractivity contribution in [3.05, 3.63) is 94.8 Å². The molecule has 3 aromatic carbocycles. The summed E-state index contributed by atoms with van der Waals surface area (Å²) in [6.07, 6.45) is 3.03. The summed E-state index contributed by atoms with van der Waals surface area (Å²) in [4.78, 5) is 25.2. The van der Waals surface area contributed by atoms with Crippen LogP contribution in [0.15, 0.2) is 66.7 Å². The van der Waals surface area contributed by atoms with Crippen LogP contribution in [0.1, 0.15) is 31.8 Å². The lowest BCUT2D eigenvalue weighted by Gasteiger charge is -2.10. The van der Waals surface area contributed by atoms with E-state index in [0.717, 1.165) is 11.1 Å². The number of hydrogen-bond acceptors (Lipinski definition) is 5. The number of halogens is 1. The molecule has 0 amide bonds. The van der Waals surface area contributed by atoms with Crippen LogP contribution in [0.5, 0.6) is 17.2 Å². The van der Waals surface area contributed by atoms with Gasteiger partial charge in [-0.05, 0) is 67.1 Å². The van der Waals surface area contributed by atoms with E-state index in [2.05, 4.69) is 0 Å². The number of hydrogen-bond donors (Lipinski definition) is 0. The normalized spacial score (nSPS) is 10.7. The minimum Gasteiger partial charge on any atom is -0.493 e. The number of esters is 1. The molecule has 0 bridgehead atoms. The van der Waals surface area contributed by atoms with Gasteiger partial charge in [-0.2, -0.15) is 0 Å². The molecule has 5 nitrogen and oxygen atoms in total. The number of ketones is 1. The van der Waals surface area contributed by atoms with E-state index in [1.54, 1.807) is 49.6 Å². The third-order valence-corrected chi connectivity index (χ3v) is 4.52. The molecule has 0 aliphatic heterocycles. The Kier molecular flexibility index (Phi) is 6.82. The molecule has 31 heavy (non-hydrogen) atoms. The number of benzene rings is 3. The van der Waals surface area contributed by atoms with Crippen molar-refractivity contribution in [3.63, 3.8) is 0 Å². The average molecular weight is 420 g/mol. The topological polar surface area (TPSA) is 61.8 Å². The summed E-state index contributed by atoms with van der Waals surface area (Å²) in [5, 5.41) is 0. The van der Waals surface area contributed by atoms with Crippen molar-refractivity contribution < 1.29 is 28.2 Å². The standard InChI is InChI=1S/C25H21FO5/c1-16-4-12-22(31-25(28)18-7-9-19(26)10-8-18)20(14-16)21(27)11-5-17-6-13-23(29-2)24(15-17)30-3/h4-15H,1-3H3. The zero-order chi connectivity index (χ0) is 22.4. The average Bonchev–Trinajstić information content (AvgIpc) is 2.78. The lowest BCUT2D eigenvalue weighted by atomic mass is 10.0. The monoisotopic (exact) mass is 420 g/mol. The molecule has 0 heterocycles. The quantitative estimate of drug-likeness (QED) is 0.226. The number of carbonyl (C=O) groups excluding carboxylic acids is 2. The highest BCUT2D eigenvalue weighted by atomic mass is 19.1. The predicted molar refractivity (Wildman–Crippen MR) is 115 cm³/mol. The van der Waals surface area contributed by atoms with Gasteiger partial charge < -0.3 is 14.2 Å². The molecule has 0 N–H and O–H groups in total. The number of ether oxygens (including phenoxy) is 3. The first-order chi connectivity index (χ1) is 14.9.